The lowest BCUT2D eigenvalue weighted by atomic mass is 10.1. The van der Waals surface area contributed by atoms with Gasteiger partial charge >= 0.3 is 5.97 Å². The molecule has 2 aromatic rings. The first-order valence-electron chi connectivity index (χ1n) is 7.67. The molecule has 0 aliphatic carbocycles. The van der Waals surface area contributed by atoms with Gasteiger partial charge in [0.15, 0.2) is 11.3 Å². The van der Waals surface area contributed by atoms with Crippen LogP contribution in [0.2, 0.25) is 0 Å². The number of nitrogens with zero attached hydrogens (tertiary/aromatic N) is 3. The minimum atomic E-state index is -1.00. The summed E-state index contributed by atoms with van der Waals surface area (Å²) in [5.74, 6) is -1.00. The molecule has 0 bridgehead atoms. The Morgan fingerprint density at radius 2 is 2.09 bits per heavy atom. The van der Waals surface area contributed by atoms with E-state index in [1.54, 1.807) is 18.3 Å². The molecule has 3 rings (SSSR count). The molecule has 0 atom stereocenters. The number of halogens is 1. The molecule has 1 saturated heterocycles. The van der Waals surface area contributed by atoms with Gasteiger partial charge in [-0.25, -0.2) is 9.78 Å². The molecule has 126 valence electrons. The van der Waals surface area contributed by atoms with Gasteiger partial charge in [-0.2, -0.15) is 4.73 Å². The van der Waals surface area contributed by atoms with Crippen molar-refractivity contribution in [3.05, 3.63) is 30.1 Å². The van der Waals surface area contributed by atoms with Crippen molar-refractivity contribution in [1.29, 1.82) is 0 Å². The summed E-state index contributed by atoms with van der Waals surface area (Å²) < 4.78 is 1.38. The number of rotatable bonds is 4. The Kier molecular flexibility index (Phi) is 5.49. The van der Waals surface area contributed by atoms with Crippen molar-refractivity contribution in [2.45, 2.75) is 38.8 Å². The number of aromatic nitrogens is 2. The molecule has 1 fully saturated rings. The van der Waals surface area contributed by atoms with E-state index in [2.05, 4.69) is 23.7 Å². The number of pyridine rings is 1. The van der Waals surface area contributed by atoms with E-state index in [1.807, 2.05) is 6.07 Å². The van der Waals surface area contributed by atoms with Crippen molar-refractivity contribution >= 4 is 29.4 Å². The van der Waals surface area contributed by atoms with E-state index in [4.69, 9.17) is 4.84 Å². The Labute approximate surface area is 141 Å². The number of carbonyl (C=O) groups is 1. The minimum absolute atomic E-state index is 0. The van der Waals surface area contributed by atoms with Crippen molar-refractivity contribution in [3.8, 4) is 0 Å². The van der Waals surface area contributed by atoms with Crippen LogP contribution < -0.4 is 4.84 Å². The summed E-state index contributed by atoms with van der Waals surface area (Å²) in [6.45, 7) is 6.31. The molecule has 6 nitrogen and oxygen atoms in total. The lowest BCUT2D eigenvalue weighted by Crippen LogP contribution is -2.43. The van der Waals surface area contributed by atoms with Crippen LogP contribution in [0.15, 0.2) is 24.4 Å². The van der Waals surface area contributed by atoms with Crippen molar-refractivity contribution in [3.63, 3.8) is 0 Å². The van der Waals surface area contributed by atoms with Crippen LogP contribution >= 0.6 is 12.4 Å². The molecule has 0 spiro atoms. The Hall–Kier alpha value is -1.79. The van der Waals surface area contributed by atoms with Crippen molar-refractivity contribution in [2.75, 3.05) is 13.1 Å². The van der Waals surface area contributed by atoms with Crippen LogP contribution in [0.4, 0.5) is 0 Å². The summed E-state index contributed by atoms with van der Waals surface area (Å²) in [6, 6.07) is 5.77. The average molecular weight is 340 g/mol. The Bertz CT molecular complexity index is 678. The Morgan fingerprint density at radius 1 is 1.39 bits per heavy atom. The van der Waals surface area contributed by atoms with E-state index >= 15 is 0 Å². The standard InChI is InChI=1S/C16H21N3O3.ClH/c1-11(2)18-8-5-13(6-9-18)22-19-14(16(20)21)10-12-4-3-7-17-15(12)19;/h3-4,7,10-11,13H,5-6,8-9H2,1-2H3,(H,20,21);1H. The fourth-order valence-corrected chi connectivity index (χ4v) is 2.91. The highest BCUT2D eigenvalue weighted by Crippen LogP contribution is 2.20. The lowest BCUT2D eigenvalue weighted by Gasteiger charge is -2.34. The first-order chi connectivity index (χ1) is 10.6. The summed E-state index contributed by atoms with van der Waals surface area (Å²) in [5, 5.41) is 10.2. The molecule has 1 N–H and O–H groups in total. The van der Waals surface area contributed by atoms with Gasteiger partial charge < -0.3 is 14.8 Å². The molecule has 2 aromatic heterocycles. The van der Waals surface area contributed by atoms with Gasteiger partial charge in [-0.15, -0.1) is 12.4 Å². The highest BCUT2D eigenvalue weighted by molar-refractivity contribution is 5.93. The zero-order chi connectivity index (χ0) is 15.7. The number of likely N-dealkylation sites (tertiary alicyclic amines) is 1. The molecule has 0 unspecified atom stereocenters. The second kappa shape index (κ2) is 7.19. The second-order valence-corrected chi connectivity index (χ2v) is 5.98. The first kappa shape index (κ1) is 17.6. The van der Waals surface area contributed by atoms with Crippen molar-refractivity contribution < 1.29 is 14.7 Å². The Morgan fingerprint density at radius 3 is 2.70 bits per heavy atom. The van der Waals surface area contributed by atoms with Gasteiger partial charge in [0.1, 0.15) is 6.10 Å². The van der Waals surface area contributed by atoms with E-state index in [0.717, 1.165) is 31.3 Å². The van der Waals surface area contributed by atoms with Gasteiger partial charge in [-0.05, 0) is 44.9 Å². The van der Waals surface area contributed by atoms with Crippen LogP contribution in [-0.2, 0) is 0 Å². The smallest absolute Gasteiger partial charge is 0.356 e. The van der Waals surface area contributed by atoms with Crippen LogP contribution in [0.5, 0.6) is 0 Å². The number of carboxylic acid groups (broad SMARTS) is 1. The SMILES string of the molecule is CC(C)N1CCC(On2c(C(=O)O)cc3cccnc32)CC1.Cl. The summed E-state index contributed by atoms with van der Waals surface area (Å²) in [5.41, 5.74) is 0.686. The monoisotopic (exact) mass is 339 g/mol. The number of aromatic carboxylic acids is 1. The highest BCUT2D eigenvalue weighted by Gasteiger charge is 2.25. The number of carboxylic acids is 1. The van der Waals surface area contributed by atoms with Gasteiger partial charge in [0.05, 0.1) is 0 Å². The van der Waals surface area contributed by atoms with Crippen molar-refractivity contribution in [2.24, 2.45) is 0 Å². The number of piperidine rings is 1. The van der Waals surface area contributed by atoms with Crippen molar-refractivity contribution in [1.82, 2.24) is 14.6 Å². The number of hydrogen-bond donors (Lipinski definition) is 1. The number of hydrogen-bond acceptors (Lipinski definition) is 4. The van der Waals surface area contributed by atoms with Crippen LogP contribution in [0, 0.1) is 0 Å². The average Bonchev–Trinajstić information content (AvgIpc) is 2.87. The zero-order valence-electron chi connectivity index (χ0n) is 13.3. The molecular weight excluding hydrogens is 318 g/mol. The molecule has 7 heteroatoms. The quantitative estimate of drug-likeness (QED) is 0.926. The fraction of sp³-hybridized carbons (Fsp3) is 0.500. The van der Waals surface area contributed by atoms with Gasteiger partial charge in [-0.3, -0.25) is 0 Å². The second-order valence-electron chi connectivity index (χ2n) is 5.98. The van der Waals surface area contributed by atoms with E-state index in [9.17, 15) is 9.90 Å². The van der Waals surface area contributed by atoms with Gasteiger partial charge in [0, 0.05) is 30.7 Å². The van der Waals surface area contributed by atoms with E-state index in [0.29, 0.717) is 11.7 Å². The summed E-state index contributed by atoms with van der Waals surface area (Å²) in [7, 11) is 0. The topological polar surface area (TPSA) is 67.6 Å². The maximum absolute atomic E-state index is 11.4. The summed E-state index contributed by atoms with van der Waals surface area (Å²) in [4.78, 5) is 24.1. The summed E-state index contributed by atoms with van der Waals surface area (Å²) in [6.07, 6.45) is 3.45. The lowest BCUT2D eigenvalue weighted by molar-refractivity contribution is -0.00768. The zero-order valence-corrected chi connectivity index (χ0v) is 14.1. The van der Waals surface area contributed by atoms with Gasteiger partial charge in [0.2, 0.25) is 0 Å². The van der Waals surface area contributed by atoms with Crippen LogP contribution in [0.3, 0.4) is 0 Å². The van der Waals surface area contributed by atoms with Crippen LogP contribution in [-0.4, -0.2) is 50.9 Å². The third-order valence-corrected chi connectivity index (χ3v) is 4.20. The Balaban J connectivity index is 0.00000192. The molecule has 0 aromatic carbocycles. The highest BCUT2D eigenvalue weighted by atomic mass is 35.5. The molecule has 0 saturated carbocycles. The van der Waals surface area contributed by atoms with E-state index in [-0.39, 0.29) is 24.2 Å². The third kappa shape index (κ3) is 3.59. The largest absolute Gasteiger partial charge is 0.476 e. The maximum atomic E-state index is 11.4. The molecule has 1 aliphatic rings. The number of fused-ring (bicyclic) bond motifs is 1. The van der Waals surface area contributed by atoms with Crippen LogP contribution in [0.1, 0.15) is 37.2 Å². The third-order valence-electron chi connectivity index (χ3n) is 4.20. The molecule has 0 amide bonds. The normalized spacial score (nSPS) is 16.5. The van der Waals surface area contributed by atoms with E-state index < -0.39 is 5.97 Å². The predicted octanol–water partition coefficient (Wildman–Crippen LogP) is 2.46. The molecule has 23 heavy (non-hydrogen) atoms. The first-order valence-corrected chi connectivity index (χ1v) is 7.67. The minimum Gasteiger partial charge on any atom is -0.476 e. The maximum Gasteiger partial charge on any atom is 0.356 e. The van der Waals surface area contributed by atoms with Gasteiger partial charge in [0.25, 0.3) is 0 Å². The fourth-order valence-electron chi connectivity index (χ4n) is 2.91. The molecular formula is C16H22ClN3O3. The van der Waals surface area contributed by atoms with E-state index in [1.165, 1.54) is 4.73 Å². The predicted molar refractivity (Wildman–Crippen MR) is 90.3 cm³/mol. The molecule has 0 radical (unpaired) electrons. The van der Waals surface area contributed by atoms with Gasteiger partial charge in [-0.1, -0.05) is 0 Å². The molecule has 3 heterocycles. The van der Waals surface area contributed by atoms with Crippen LogP contribution in [0.25, 0.3) is 11.0 Å². The molecule has 1 aliphatic heterocycles. The summed E-state index contributed by atoms with van der Waals surface area (Å²) >= 11 is 0.